The maximum absolute atomic E-state index is 12.8. The number of benzene rings is 2. The first kappa shape index (κ1) is 41.4. The second kappa shape index (κ2) is 16.1. The predicted molar refractivity (Wildman–Crippen MR) is 216 cm³/mol. The number of carboxylic acids is 1. The molecule has 0 atom stereocenters. The van der Waals surface area contributed by atoms with Gasteiger partial charge in [0.25, 0.3) is 26.0 Å². The van der Waals surface area contributed by atoms with Crippen LogP contribution in [0.15, 0.2) is 34.3 Å². The first-order valence-corrected chi connectivity index (χ1v) is 22.5. The molecule has 0 bridgehead atoms. The van der Waals surface area contributed by atoms with Crippen LogP contribution in [0, 0.1) is 0 Å². The molecule has 2 aromatic heterocycles. The quantitative estimate of drug-likeness (QED) is 0.163. The van der Waals surface area contributed by atoms with Crippen molar-refractivity contribution < 1.29 is 41.1 Å². The monoisotopic (exact) mass is 849 g/mol. The molecule has 5 amide bonds. The normalized spacial score (nSPS) is 15.0. The van der Waals surface area contributed by atoms with E-state index in [1.807, 2.05) is 16.4 Å². The minimum absolute atomic E-state index is 0.129. The molecular weight excluding hydrogens is 803 g/mol. The van der Waals surface area contributed by atoms with Crippen LogP contribution in [0.1, 0.15) is 98.1 Å². The van der Waals surface area contributed by atoms with Gasteiger partial charge in [-0.2, -0.15) is 27.0 Å². The van der Waals surface area contributed by atoms with Crippen LogP contribution in [-0.2, 0) is 85.5 Å². The number of rotatable bonds is 9. The molecule has 2 aromatic carbocycles. The number of carboxylic acid groups (broad SMARTS) is 1. The van der Waals surface area contributed by atoms with Crippen molar-refractivity contribution in [3.05, 3.63) is 80.2 Å². The average molecular weight is 850 g/mol. The van der Waals surface area contributed by atoms with Crippen molar-refractivity contribution in [3.8, 4) is 0 Å². The van der Waals surface area contributed by atoms with Gasteiger partial charge in [0.2, 0.25) is 0 Å². The van der Waals surface area contributed by atoms with E-state index in [2.05, 4.69) is 33.0 Å². The average Bonchev–Trinajstić information content (AvgIpc) is 4.02. The highest BCUT2D eigenvalue weighted by Crippen LogP contribution is 2.40. The summed E-state index contributed by atoms with van der Waals surface area (Å²) in [7, 11) is -4.11. The molecule has 0 saturated heterocycles. The van der Waals surface area contributed by atoms with Gasteiger partial charge in [-0.05, 0) is 128 Å². The SMILES string of the molecule is CCN(C)C(=O)c1cc(S(=O)(=O)NC(=O)Nc2c3c(cc4c2CCC4)CCC3)nn1C.Cn1nc(S(=O)(=O)NC(=O)Nc2c3c(cc4c2CCC4)CCC3)cc1C(=O)O. The van der Waals surface area contributed by atoms with Crippen LogP contribution in [0.25, 0.3) is 0 Å². The molecule has 4 aromatic rings. The minimum atomic E-state index is -4.30. The van der Waals surface area contributed by atoms with Gasteiger partial charge in [0.15, 0.2) is 10.1 Å². The van der Waals surface area contributed by atoms with Crippen molar-refractivity contribution in [2.75, 3.05) is 24.2 Å². The van der Waals surface area contributed by atoms with Crippen LogP contribution in [0.2, 0.25) is 0 Å². The summed E-state index contributed by atoms with van der Waals surface area (Å²) in [4.78, 5) is 50.1. The van der Waals surface area contributed by atoms with E-state index in [9.17, 15) is 36.0 Å². The summed E-state index contributed by atoms with van der Waals surface area (Å²) >= 11 is 0. The van der Waals surface area contributed by atoms with E-state index >= 15 is 0 Å². The number of nitrogens with zero attached hydrogens (tertiary/aromatic N) is 5. The number of amides is 5. The van der Waals surface area contributed by atoms with Gasteiger partial charge in [-0.15, -0.1) is 0 Å². The van der Waals surface area contributed by atoms with Gasteiger partial charge in [-0.3, -0.25) is 14.2 Å². The van der Waals surface area contributed by atoms with Crippen LogP contribution >= 0.6 is 0 Å². The number of fused-ring (bicyclic) bond motifs is 4. The lowest BCUT2D eigenvalue weighted by molar-refractivity contribution is 0.0684. The van der Waals surface area contributed by atoms with Gasteiger partial charge in [-0.1, -0.05) is 12.1 Å². The maximum Gasteiger partial charge on any atom is 0.354 e. The maximum atomic E-state index is 12.8. The summed E-state index contributed by atoms with van der Waals surface area (Å²) in [5.74, 6) is -1.66. The second-order valence-corrected chi connectivity index (χ2v) is 18.5. The van der Waals surface area contributed by atoms with Crippen LogP contribution < -0.4 is 20.1 Å². The van der Waals surface area contributed by atoms with E-state index in [-0.39, 0.29) is 22.3 Å². The molecule has 2 heterocycles. The number of nitrogens with one attached hydrogen (secondary N) is 4. The topological polar surface area (TPSA) is 244 Å². The molecule has 4 aliphatic carbocycles. The van der Waals surface area contributed by atoms with Gasteiger partial charge in [0, 0.05) is 51.2 Å². The molecule has 314 valence electrons. The molecule has 0 saturated carbocycles. The number of urea groups is 2. The standard InChI is InChI=1S/C21H27N5O4S.C18H20N4O5S/c1-4-25(2)20(27)17-12-18(23-26(17)3)31(29,30)24-21(28)22-19-15-9-5-7-13(15)11-14-8-6-10-16(14)19;1-22-14(17(23)24)9-15(20-22)28(26,27)21-18(25)19-16-12-6-2-4-10(12)8-11-5-3-7-13(11)16/h11-12H,4-10H2,1-3H3,(H2,22,24,28);8-9H,2-7H2,1H3,(H,23,24)(H2,19,21,25). The summed E-state index contributed by atoms with van der Waals surface area (Å²) in [6, 6.07) is 4.85. The molecule has 59 heavy (non-hydrogen) atoms. The van der Waals surface area contributed by atoms with E-state index in [4.69, 9.17) is 5.11 Å². The Labute approximate surface area is 341 Å². The van der Waals surface area contributed by atoms with E-state index in [0.29, 0.717) is 6.54 Å². The highest BCUT2D eigenvalue weighted by atomic mass is 32.2. The number of aromatic nitrogens is 4. The van der Waals surface area contributed by atoms with Crippen molar-refractivity contribution in [3.63, 3.8) is 0 Å². The zero-order valence-electron chi connectivity index (χ0n) is 33.3. The van der Waals surface area contributed by atoms with E-state index in [0.717, 1.165) is 121 Å². The Kier molecular flexibility index (Phi) is 11.3. The third kappa shape index (κ3) is 8.27. The zero-order valence-corrected chi connectivity index (χ0v) is 34.9. The molecular formula is C39H47N9O9S2. The largest absolute Gasteiger partial charge is 0.477 e. The number of carbonyl (C=O) groups is 4. The fourth-order valence-electron chi connectivity index (χ4n) is 8.45. The Balaban J connectivity index is 0.000000180. The highest BCUT2D eigenvalue weighted by Gasteiger charge is 2.30. The lowest BCUT2D eigenvalue weighted by atomic mass is 9.99. The van der Waals surface area contributed by atoms with Crippen LogP contribution in [0.3, 0.4) is 0 Å². The van der Waals surface area contributed by atoms with Gasteiger partial charge in [0.05, 0.1) is 0 Å². The molecule has 20 heteroatoms. The zero-order chi connectivity index (χ0) is 42.4. The van der Waals surface area contributed by atoms with Crippen molar-refractivity contribution in [2.24, 2.45) is 14.1 Å². The number of aryl methyl sites for hydroxylation is 6. The van der Waals surface area contributed by atoms with Crippen molar-refractivity contribution in [1.82, 2.24) is 33.9 Å². The molecule has 4 aliphatic rings. The van der Waals surface area contributed by atoms with E-state index < -0.39 is 43.1 Å². The minimum Gasteiger partial charge on any atom is -0.477 e. The van der Waals surface area contributed by atoms with Gasteiger partial charge in [0.1, 0.15) is 11.4 Å². The summed E-state index contributed by atoms with van der Waals surface area (Å²) in [5, 5.41) is 21.3. The van der Waals surface area contributed by atoms with E-state index in [1.54, 1.807) is 7.05 Å². The lowest BCUT2D eigenvalue weighted by Crippen LogP contribution is -2.35. The van der Waals surface area contributed by atoms with Crippen molar-refractivity contribution in [2.45, 2.75) is 94.0 Å². The van der Waals surface area contributed by atoms with Crippen LogP contribution in [-0.4, -0.2) is 83.9 Å². The molecule has 5 N–H and O–H groups in total. The van der Waals surface area contributed by atoms with Crippen molar-refractivity contribution >= 4 is 55.4 Å². The van der Waals surface area contributed by atoms with Gasteiger partial charge >= 0.3 is 18.0 Å². The Bertz CT molecular complexity index is 2570. The molecule has 0 aliphatic heterocycles. The number of hydrogen-bond donors (Lipinski definition) is 5. The van der Waals surface area contributed by atoms with E-state index in [1.165, 1.54) is 52.0 Å². The second-order valence-electron chi connectivity index (χ2n) is 15.2. The summed E-state index contributed by atoms with van der Waals surface area (Å²) < 4.78 is 56.5. The number of carbonyl (C=O) groups excluding carboxylic acids is 3. The molecule has 0 spiro atoms. The summed E-state index contributed by atoms with van der Waals surface area (Å²) in [6.45, 7) is 2.29. The van der Waals surface area contributed by atoms with Crippen LogP contribution in [0.4, 0.5) is 21.0 Å². The Hall–Kier alpha value is -5.76. The summed E-state index contributed by atoms with van der Waals surface area (Å²) in [5.41, 5.74) is 10.6. The first-order chi connectivity index (χ1) is 28.0. The highest BCUT2D eigenvalue weighted by molar-refractivity contribution is 7.90. The smallest absolute Gasteiger partial charge is 0.354 e. The van der Waals surface area contributed by atoms with Crippen molar-refractivity contribution in [1.29, 1.82) is 0 Å². The first-order valence-electron chi connectivity index (χ1n) is 19.5. The third-order valence-electron chi connectivity index (χ3n) is 11.4. The molecule has 18 nitrogen and oxygen atoms in total. The molecule has 0 radical (unpaired) electrons. The van der Waals surface area contributed by atoms with Crippen LogP contribution in [0.5, 0.6) is 0 Å². The predicted octanol–water partition coefficient (Wildman–Crippen LogP) is 3.61. The Morgan fingerprint density at radius 1 is 0.627 bits per heavy atom. The third-order valence-corrected chi connectivity index (χ3v) is 13.8. The van der Waals surface area contributed by atoms with Gasteiger partial charge < -0.3 is 20.6 Å². The fourth-order valence-corrected chi connectivity index (χ4v) is 10.2. The number of sulfonamides is 2. The molecule has 0 unspecified atom stereocenters. The summed E-state index contributed by atoms with van der Waals surface area (Å²) in [6.07, 6.45) is 11.4. The number of hydrogen-bond acceptors (Lipinski definition) is 10. The lowest BCUT2D eigenvalue weighted by Gasteiger charge is -2.16. The molecule has 0 fully saturated rings. The fraction of sp³-hybridized carbons (Fsp3) is 0.436. The Morgan fingerprint density at radius 3 is 1.32 bits per heavy atom. The molecule has 8 rings (SSSR count). The number of anilines is 2. The number of aromatic carboxylic acids is 1. The Morgan fingerprint density at radius 2 is 0.983 bits per heavy atom. The van der Waals surface area contributed by atoms with Gasteiger partial charge in [-0.25, -0.2) is 23.8 Å².